The highest BCUT2D eigenvalue weighted by atomic mass is 79.9. The van der Waals surface area contributed by atoms with Crippen molar-refractivity contribution in [3.8, 4) is 0 Å². The Morgan fingerprint density at radius 1 is 1.47 bits per heavy atom. The van der Waals surface area contributed by atoms with E-state index < -0.39 is 0 Å². The van der Waals surface area contributed by atoms with Crippen molar-refractivity contribution in [3.05, 3.63) is 28.1 Å². The van der Waals surface area contributed by atoms with Crippen LogP contribution in [0.3, 0.4) is 0 Å². The molecule has 1 aromatic carbocycles. The van der Waals surface area contributed by atoms with E-state index in [0.29, 0.717) is 6.54 Å². The molecule has 2 rings (SSSR count). The molecule has 0 aliphatic rings. The summed E-state index contributed by atoms with van der Waals surface area (Å²) in [7, 11) is 0. The van der Waals surface area contributed by atoms with Gasteiger partial charge in [-0.05, 0) is 37.6 Å². The summed E-state index contributed by atoms with van der Waals surface area (Å²) < 4.78 is 6.70. The Bertz CT molecular complexity index is 479. The molecule has 1 aromatic heterocycles. The Morgan fingerprint density at radius 2 is 2.27 bits per heavy atom. The molecule has 3 nitrogen and oxygen atoms in total. The second kappa shape index (κ2) is 4.33. The molecule has 2 N–H and O–H groups in total. The summed E-state index contributed by atoms with van der Waals surface area (Å²) in [4.78, 5) is 4.42. The van der Waals surface area contributed by atoms with E-state index in [2.05, 4.69) is 20.9 Å². The van der Waals surface area contributed by atoms with Crippen LogP contribution in [0, 0.1) is 6.92 Å². The number of fused-ring (bicyclic) bond motifs is 1. The fourth-order valence-corrected chi connectivity index (χ4v) is 2.12. The Morgan fingerprint density at radius 3 is 3.00 bits per heavy atom. The van der Waals surface area contributed by atoms with Gasteiger partial charge in [-0.3, -0.25) is 0 Å². The lowest BCUT2D eigenvalue weighted by molar-refractivity contribution is 0.520. The van der Waals surface area contributed by atoms with Crippen LogP contribution >= 0.6 is 15.9 Å². The van der Waals surface area contributed by atoms with E-state index >= 15 is 0 Å². The molecule has 1 heterocycles. The Balaban J connectivity index is 2.41. The molecule has 0 aliphatic carbocycles. The van der Waals surface area contributed by atoms with Crippen molar-refractivity contribution < 1.29 is 4.42 Å². The summed E-state index contributed by atoms with van der Waals surface area (Å²) in [5.41, 5.74) is 8.34. The van der Waals surface area contributed by atoms with E-state index in [9.17, 15) is 0 Å². The Labute approximate surface area is 96.8 Å². The van der Waals surface area contributed by atoms with Gasteiger partial charge in [0.2, 0.25) is 0 Å². The number of hydrogen-bond acceptors (Lipinski definition) is 3. The van der Waals surface area contributed by atoms with Crippen LogP contribution < -0.4 is 5.73 Å². The van der Waals surface area contributed by atoms with Crippen molar-refractivity contribution in [2.75, 3.05) is 6.54 Å². The highest BCUT2D eigenvalue weighted by Gasteiger charge is 2.08. The number of aromatic nitrogens is 1. The van der Waals surface area contributed by atoms with Crippen LogP contribution in [0.25, 0.3) is 11.1 Å². The van der Waals surface area contributed by atoms with Crippen molar-refractivity contribution in [2.45, 2.75) is 19.8 Å². The van der Waals surface area contributed by atoms with E-state index in [-0.39, 0.29) is 0 Å². The highest BCUT2D eigenvalue weighted by molar-refractivity contribution is 9.10. The topological polar surface area (TPSA) is 52.0 Å². The van der Waals surface area contributed by atoms with Crippen molar-refractivity contribution in [3.63, 3.8) is 0 Å². The minimum Gasteiger partial charge on any atom is -0.440 e. The summed E-state index contributed by atoms with van der Waals surface area (Å²) in [5.74, 6) is 0.775. The zero-order chi connectivity index (χ0) is 10.8. The van der Waals surface area contributed by atoms with Gasteiger partial charge in [0.15, 0.2) is 11.5 Å². The van der Waals surface area contributed by atoms with Crippen molar-refractivity contribution in [1.82, 2.24) is 4.98 Å². The molecule has 0 unspecified atom stereocenters. The van der Waals surface area contributed by atoms with Crippen LogP contribution in [0.15, 0.2) is 21.0 Å². The van der Waals surface area contributed by atoms with Gasteiger partial charge in [-0.15, -0.1) is 0 Å². The predicted molar refractivity (Wildman–Crippen MR) is 63.8 cm³/mol. The van der Waals surface area contributed by atoms with E-state index in [1.165, 1.54) is 0 Å². The molecular weight excluding hydrogens is 256 g/mol. The van der Waals surface area contributed by atoms with Crippen molar-refractivity contribution in [2.24, 2.45) is 5.73 Å². The first-order valence-corrected chi connectivity index (χ1v) is 5.75. The summed E-state index contributed by atoms with van der Waals surface area (Å²) >= 11 is 3.44. The van der Waals surface area contributed by atoms with Crippen LogP contribution in [0.2, 0.25) is 0 Å². The molecule has 0 bridgehead atoms. The maximum Gasteiger partial charge on any atom is 0.195 e. The average molecular weight is 269 g/mol. The monoisotopic (exact) mass is 268 g/mol. The maximum atomic E-state index is 5.67. The molecule has 2 aromatic rings. The van der Waals surface area contributed by atoms with Gasteiger partial charge in [0.05, 0.1) is 0 Å². The van der Waals surface area contributed by atoms with Crippen molar-refractivity contribution >= 4 is 27.0 Å². The van der Waals surface area contributed by atoms with Crippen LogP contribution in [0.5, 0.6) is 0 Å². The smallest absolute Gasteiger partial charge is 0.195 e. The van der Waals surface area contributed by atoms with Gasteiger partial charge in [0.1, 0.15) is 5.52 Å². The minimum atomic E-state index is 0.668. The Hall–Kier alpha value is -0.870. The van der Waals surface area contributed by atoms with E-state index in [4.69, 9.17) is 10.2 Å². The third-order valence-corrected chi connectivity index (χ3v) is 2.74. The van der Waals surface area contributed by atoms with Gasteiger partial charge in [-0.25, -0.2) is 4.98 Å². The summed E-state index contributed by atoms with van der Waals surface area (Å²) in [6.45, 7) is 2.69. The molecular formula is C11H13BrN2O. The maximum absolute atomic E-state index is 5.67. The van der Waals surface area contributed by atoms with Gasteiger partial charge in [0.25, 0.3) is 0 Å². The molecule has 0 spiro atoms. The van der Waals surface area contributed by atoms with Crippen LogP contribution in [-0.2, 0) is 6.42 Å². The van der Waals surface area contributed by atoms with Gasteiger partial charge in [0, 0.05) is 10.9 Å². The Kier molecular flexibility index (Phi) is 3.07. The number of nitrogens with two attached hydrogens (primary N) is 1. The quantitative estimate of drug-likeness (QED) is 0.932. The highest BCUT2D eigenvalue weighted by Crippen LogP contribution is 2.24. The number of oxazole rings is 1. The van der Waals surface area contributed by atoms with E-state index in [1.54, 1.807) is 0 Å². The average Bonchev–Trinajstić information content (AvgIpc) is 2.57. The number of hydrogen-bond donors (Lipinski definition) is 1. The van der Waals surface area contributed by atoms with Crippen LogP contribution in [0.4, 0.5) is 0 Å². The molecule has 0 aliphatic heterocycles. The fraction of sp³-hybridized carbons (Fsp3) is 0.364. The summed E-state index contributed by atoms with van der Waals surface area (Å²) in [5, 5.41) is 0. The largest absolute Gasteiger partial charge is 0.440 e. The van der Waals surface area contributed by atoms with Gasteiger partial charge < -0.3 is 10.2 Å². The standard InChI is InChI=1S/C11H13BrN2O/c1-7-5-8(12)6-9-11(7)15-10(14-9)3-2-4-13/h5-6H,2-4,13H2,1H3. The lowest BCUT2D eigenvalue weighted by Gasteiger charge is -1.94. The van der Waals surface area contributed by atoms with Crippen LogP contribution in [0.1, 0.15) is 17.9 Å². The van der Waals surface area contributed by atoms with E-state index in [0.717, 1.165) is 39.9 Å². The number of rotatable bonds is 3. The van der Waals surface area contributed by atoms with Crippen LogP contribution in [-0.4, -0.2) is 11.5 Å². The first kappa shape index (κ1) is 10.6. The lowest BCUT2D eigenvalue weighted by atomic mass is 10.2. The second-order valence-corrected chi connectivity index (χ2v) is 4.49. The summed E-state index contributed by atoms with van der Waals surface area (Å²) in [6.07, 6.45) is 1.72. The van der Waals surface area contributed by atoms with Gasteiger partial charge in [-0.1, -0.05) is 15.9 Å². The summed E-state index contributed by atoms with van der Waals surface area (Å²) in [6, 6.07) is 4.00. The SMILES string of the molecule is Cc1cc(Br)cc2nc(CCCN)oc12. The van der Waals surface area contributed by atoms with E-state index in [1.807, 2.05) is 19.1 Å². The van der Waals surface area contributed by atoms with Gasteiger partial charge in [-0.2, -0.15) is 0 Å². The third-order valence-electron chi connectivity index (χ3n) is 2.28. The molecule has 0 saturated heterocycles. The number of nitrogens with zero attached hydrogens (tertiary/aromatic N) is 1. The molecule has 0 atom stereocenters. The van der Waals surface area contributed by atoms with Gasteiger partial charge >= 0.3 is 0 Å². The normalized spacial score (nSPS) is 11.1. The molecule has 0 radical (unpaired) electrons. The number of halogens is 1. The molecule has 80 valence electrons. The zero-order valence-corrected chi connectivity index (χ0v) is 10.2. The molecule has 0 amide bonds. The lowest BCUT2D eigenvalue weighted by Crippen LogP contribution is -2.00. The third kappa shape index (κ3) is 2.21. The first-order valence-electron chi connectivity index (χ1n) is 4.96. The minimum absolute atomic E-state index is 0.668. The number of aryl methyl sites for hydroxylation is 2. The number of benzene rings is 1. The molecule has 4 heteroatoms. The fourth-order valence-electron chi connectivity index (χ4n) is 1.56. The zero-order valence-electron chi connectivity index (χ0n) is 8.59. The molecule has 0 saturated carbocycles. The predicted octanol–water partition coefficient (Wildman–Crippen LogP) is 2.79. The van der Waals surface area contributed by atoms with Crippen molar-refractivity contribution in [1.29, 1.82) is 0 Å². The first-order chi connectivity index (χ1) is 7.20. The second-order valence-electron chi connectivity index (χ2n) is 3.57. The molecule has 15 heavy (non-hydrogen) atoms. The molecule has 0 fully saturated rings.